The largest absolute Gasteiger partial charge is 0.240 e. The molecule has 0 spiro atoms. The molecular weight excluding hydrogens is 196 g/mol. The third-order valence-electron chi connectivity index (χ3n) is 1.90. The average molecular weight is 206 g/mol. The molecule has 0 unspecified atom stereocenters. The molecule has 6 nitrogen and oxygen atoms in total. The average Bonchev–Trinajstić information content (AvgIpc) is 2.80. The lowest BCUT2D eigenvalue weighted by atomic mass is 10.1. The number of aromatic amines is 1. The van der Waals surface area contributed by atoms with Gasteiger partial charge in [0, 0.05) is 5.56 Å². The third kappa shape index (κ3) is 2.36. The van der Waals surface area contributed by atoms with Crippen molar-refractivity contribution in [3.8, 4) is 11.4 Å². The van der Waals surface area contributed by atoms with Crippen molar-refractivity contribution in [3.63, 3.8) is 0 Å². The summed E-state index contributed by atoms with van der Waals surface area (Å²) in [5, 5.41) is 13.6. The summed E-state index contributed by atoms with van der Waals surface area (Å²) < 4.78 is 0. The molecule has 1 heterocycles. The molecule has 0 aliphatic carbocycles. The first-order chi connectivity index (χ1) is 7.40. The van der Waals surface area contributed by atoms with Crippen LogP contribution in [-0.2, 0) is 16.4 Å². The number of benzene rings is 1. The number of H-pyrrole nitrogens is 1. The normalized spacial score (nSPS) is 10.5. The second-order valence-corrected chi connectivity index (χ2v) is 2.86. The highest BCUT2D eigenvalue weighted by Crippen LogP contribution is 2.14. The van der Waals surface area contributed by atoms with Gasteiger partial charge in [0.15, 0.2) is 0 Å². The van der Waals surface area contributed by atoms with Crippen LogP contribution < -0.4 is 0 Å². The van der Waals surface area contributed by atoms with E-state index in [0.29, 0.717) is 12.4 Å². The summed E-state index contributed by atoms with van der Waals surface area (Å²) in [6, 6.07) is 7.65. The van der Waals surface area contributed by atoms with Gasteiger partial charge in [0.25, 0.3) is 0 Å². The van der Waals surface area contributed by atoms with Gasteiger partial charge in [-0.05, 0) is 10.8 Å². The van der Waals surface area contributed by atoms with Crippen molar-refractivity contribution in [1.82, 2.24) is 20.6 Å². The summed E-state index contributed by atoms with van der Waals surface area (Å²) in [5.41, 5.74) is 1.93. The second kappa shape index (κ2) is 4.63. The maximum Gasteiger partial charge on any atom is 0.204 e. The minimum absolute atomic E-state index is 0.420. The molecule has 1 aromatic heterocycles. The Balaban J connectivity index is 2.11. The standard InChI is InChI=1S/C9H10N4O2/c1-14-15-6-7-2-4-8(5-3-7)9-10-12-13-11-9/h2-5H,6H2,1H3,(H,10,11,12,13). The van der Waals surface area contributed by atoms with Crippen LogP contribution in [0.15, 0.2) is 24.3 Å². The van der Waals surface area contributed by atoms with Crippen molar-refractivity contribution in [2.75, 3.05) is 7.11 Å². The van der Waals surface area contributed by atoms with Crippen molar-refractivity contribution < 1.29 is 9.78 Å². The molecule has 0 saturated heterocycles. The lowest BCUT2D eigenvalue weighted by Gasteiger charge is -2.00. The maximum atomic E-state index is 4.80. The van der Waals surface area contributed by atoms with Gasteiger partial charge in [0.2, 0.25) is 5.82 Å². The molecule has 1 N–H and O–H groups in total. The molecule has 2 rings (SSSR count). The Morgan fingerprint density at radius 3 is 2.67 bits per heavy atom. The second-order valence-electron chi connectivity index (χ2n) is 2.86. The zero-order chi connectivity index (χ0) is 10.5. The molecule has 0 fully saturated rings. The first-order valence-corrected chi connectivity index (χ1v) is 4.38. The van der Waals surface area contributed by atoms with Crippen LogP contribution >= 0.6 is 0 Å². The summed E-state index contributed by atoms with van der Waals surface area (Å²) in [5.74, 6) is 0.578. The summed E-state index contributed by atoms with van der Waals surface area (Å²) in [6.45, 7) is 0.420. The van der Waals surface area contributed by atoms with Crippen molar-refractivity contribution in [3.05, 3.63) is 29.8 Å². The van der Waals surface area contributed by atoms with Crippen LogP contribution in [-0.4, -0.2) is 27.7 Å². The zero-order valence-corrected chi connectivity index (χ0v) is 8.17. The van der Waals surface area contributed by atoms with Crippen LogP contribution in [0.5, 0.6) is 0 Å². The van der Waals surface area contributed by atoms with E-state index < -0.39 is 0 Å². The van der Waals surface area contributed by atoms with Crippen molar-refractivity contribution in [2.45, 2.75) is 6.61 Å². The fourth-order valence-corrected chi connectivity index (χ4v) is 1.16. The van der Waals surface area contributed by atoms with E-state index in [0.717, 1.165) is 11.1 Å². The predicted octanol–water partition coefficient (Wildman–Crippen LogP) is 0.945. The van der Waals surface area contributed by atoms with E-state index in [1.54, 1.807) is 0 Å². The molecule has 6 heteroatoms. The fourth-order valence-electron chi connectivity index (χ4n) is 1.16. The molecular formula is C9H10N4O2. The Morgan fingerprint density at radius 1 is 1.27 bits per heavy atom. The van der Waals surface area contributed by atoms with Crippen molar-refractivity contribution in [2.24, 2.45) is 0 Å². The minimum atomic E-state index is 0.420. The topological polar surface area (TPSA) is 72.9 Å². The molecule has 15 heavy (non-hydrogen) atoms. The molecule has 2 aromatic rings. The number of nitrogens with zero attached hydrogens (tertiary/aromatic N) is 3. The quantitative estimate of drug-likeness (QED) is 0.595. The Labute approximate surface area is 86.1 Å². The zero-order valence-electron chi connectivity index (χ0n) is 8.17. The first-order valence-electron chi connectivity index (χ1n) is 4.38. The first kappa shape index (κ1) is 9.75. The van der Waals surface area contributed by atoms with E-state index in [-0.39, 0.29) is 0 Å². The molecule has 0 aliphatic rings. The molecule has 0 radical (unpaired) electrons. The lowest BCUT2D eigenvalue weighted by molar-refractivity contribution is -0.282. The lowest BCUT2D eigenvalue weighted by Crippen LogP contribution is -1.91. The molecule has 78 valence electrons. The van der Waals surface area contributed by atoms with Crippen LogP contribution in [0.25, 0.3) is 11.4 Å². The van der Waals surface area contributed by atoms with Crippen molar-refractivity contribution in [1.29, 1.82) is 0 Å². The fraction of sp³-hybridized carbons (Fsp3) is 0.222. The number of aromatic nitrogens is 4. The van der Waals surface area contributed by atoms with Crippen LogP contribution in [0.2, 0.25) is 0 Å². The van der Waals surface area contributed by atoms with E-state index in [4.69, 9.17) is 4.89 Å². The van der Waals surface area contributed by atoms with Crippen LogP contribution in [0.4, 0.5) is 0 Å². The molecule has 0 bridgehead atoms. The summed E-state index contributed by atoms with van der Waals surface area (Å²) >= 11 is 0. The predicted molar refractivity (Wildman–Crippen MR) is 51.4 cm³/mol. The SMILES string of the molecule is COOCc1ccc(-c2nn[nH]n2)cc1. The van der Waals surface area contributed by atoms with E-state index in [1.165, 1.54) is 7.11 Å². The van der Waals surface area contributed by atoms with E-state index in [1.807, 2.05) is 24.3 Å². The van der Waals surface area contributed by atoms with Crippen LogP contribution in [0.1, 0.15) is 5.56 Å². The van der Waals surface area contributed by atoms with Crippen LogP contribution in [0, 0.1) is 0 Å². The Morgan fingerprint density at radius 2 is 2.07 bits per heavy atom. The number of nitrogens with one attached hydrogen (secondary N) is 1. The van der Waals surface area contributed by atoms with Gasteiger partial charge in [-0.3, -0.25) is 0 Å². The molecule has 0 amide bonds. The Kier molecular flexibility index (Phi) is 3.01. The highest BCUT2D eigenvalue weighted by Gasteiger charge is 2.02. The minimum Gasteiger partial charge on any atom is -0.240 e. The molecule has 0 aliphatic heterocycles. The van der Waals surface area contributed by atoms with Gasteiger partial charge >= 0.3 is 0 Å². The van der Waals surface area contributed by atoms with E-state index in [2.05, 4.69) is 25.5 Å². The molecule has 0 saturated carbocycles. The maximum absolute atomic E-state index is 4.80. The summed E-state index contributed by atoms with van der Waals surface area (Å²) in [4.78, 5) is 9.31. The monoisotopic (exact) mass is 206 g/mol. The molecule has 1 aromatic carbocycles. The third-order valence-corrected chi connectivity index (χ3v) is 1.90. The van der Waals surface area contributed by atoms with Gasteiger partial charge in [0.05, 0.1) is 7.11 Å². The van der Waals surface area contributed by atoms with E-state index in [9.17, 15) is 0 Å². The van der Waals surface area contributed by atoms with Gasteiger partial charge in [0.1, 0.15) is 6.61 Å². The van der Waals surface area contributed by atoms with Gasteiger partial charge in [-0.25, -0.2) is 9.78 Å². The van der Waals surface area contributed by atoms with Gasteiger partial charge in [-0.1, -0.05) is 24.3 Å². The number of hydrogen-bond acceptors (Lipinski definition) is 5. The molecule has 0 atom stereocenters. The smallest absolute Gasteiger partial charge is 0.204 e. The highest BCUT2D eigenvalue weighted by molar-refractivity contribution is 5.53. The number of tetrazole rings is 1. The summed E-state index contributed by atoms with van der Waals surface area (Å²) in [6.07, 6.45) is 0. The van der Waals surface area contributed by atoms with Crippen LogP contribution in [0.3, 0.4) is 0 Å². The Hall–Kier alpha value is -1.79. The Bertz CT molecular complexity index is 399. The van der Waals surface area contributed by atoms with Gasteiger partial charge in [-0.2, -0.15) is 5.21 Å². The van der Waals surface area contributed by atoms with Gasteiger partial charge < -0.3 is 0 Å². The van der Waals surface area contributed by atoms with Crippen molar-refractivity contribution >= 4 is 0 Å². The number of rotatable bonds is 4. The van der Waals surface area contributed by atoms with Gasteiger partial charge in [-0.15, -0.1) is 10.2 Å². The number of hydrogen-bond donors (Lipinski definition) is 1. The van der Waals surface area contributed by atoms with E-state index >= 15 is 0 Å². The highest BCUT2D eigenvalue weighted by atomic mass is 17.2. The summed E-state index contributed by atoms with van der Waals surface area (Å²) in [7, 11) is 1.48.